The zero-order valence-electron chi connectivity index (χ0n) is 14.4. The van der Waals surface area contributed by atoms with Gasteiger partial charge in [-0.05, 0) is 46.0 Å². The summed E-state index contributed by atoms with van der Waals surface area (Å²) in [6.07, 6.45) is 3.68. The second kappa shape index (κ2) is 6.57. The van der Waals surface area contributed by atoms with Crippen molar-refractivity contribution in [2.45, 2.75) is 52.2 Å². The number of carbonyl (C=O) groups excluding carboxylic acids is 3. The molecule has 6 atom stereocenters. The third kappa shape index (κ3) is 2.94. The van der Waals surface area contributed by atoms with Crippen LogP contribution >= 0.6 is 0 Å². The number of hydrogen-bond donors (Lipinski definition) is 1. The van der Waals surface area contributed by atoms with Gasteiger partial charge in [0.25, 0.3) is 0 Å². The van der Waals surface area contributed by atoms with Gasteiger partial charge < -0.3 is 14.8 Å². The Labute approximate surface area is 141 Å². The molecule has 0 bridgehead atoms. The molecule has 1 heterocycles. The molecule has 0 aromatic carbocycles. The van der Waals surface area contributed by atoms with Gasteiger partial charge in [-0.15, -0.1) is 0 Å². The van der Waals surface area contributed by atoms with Crippen LogP contribution in [0.4, 0.5) is 4.79 Å². The molecule has 1 amide bonds. The van der Waals surface area contributed by atoms with Crippen LogP contribution in [0.1, 0.15) is 40.0 Å². The molecule has 0 unspecified atom stereocenters. The van der Waals surface area contributed by atoms with Gasteiger partial charge in [0, 0.05) is 17.9 Å². The normalized spacial score (nSPS) is 37.6. The molecule has 6 nitrogen and oxygen atoms in total. The topological polar surface area (TPSA) is 81.7 Å². The second-order valence-electron chi connectivity index (χ2n) is 7.07. The fourth-order valence-electron chi connectivity index (χ4n) is 4.71. The number of fused-ring (bicyclic) bond motifs is 2. The Morgan fingerprint density at radius 1 is 1.38 bits per heavy atom. The largest absolute Gasteiger partial charge is 0.462 e. The molecular formula is C18H25NO5. The Morgan fingerprint density at radius 2 is 2.12 bits per heavy atom. The lowest BCUT2D eigenvalue weighted by atomic mass is 9.61. The van der Waals surface area contributed by atoms with E-state index in [-0.39, 0.29) is 47.6 Å². The van der Waals surface area contributed by atoms with Crippen LogP contribution < -0.4 is 5.32 Å². The van der Waals surface area contributed by atoms with Gasteiger partial charge >= 0.3 is 12.1 Å². The Bertz CT molecular complexity index is 584. The molecule has 3 aliphatic rings. The molecule has 132 valence electrons. The molecule has 6 heteroatoms. The van der Waals surface area contributed by atoms with Crippen molar-refractivity contribution in [3.8, 4) is 0 Å². The van der Waals surface area contributed by atoms with E-state index in [0.29, 0.717) is 13.0 Å². The van der Waals surface area contributed by atoms with Gasteiger partial charge in [0.1, 0.15) is 11.9 Å². The summed E-state index contributed by atoms with van der Waals surface area (Å²) in [5, 5.41) is 2.87. The maximum atomic E-state index is 12.3. The van der Waals surface area contributed by atoms with E-state index in [1.807, 2.05) is 13.0 Å². The van der Waals surface area contributed by atoms with Crippen molar-refractivity contribution in [3.63, 3.8) is 0 Å². The van der Waals surface area contributed by atoms with Crippen LogP contribution in [0.3, 0.4) is 0 Å². The molecular weight excluding hydrogens is 310 g/mol. The lowest BCUT2D eigenvalue weighted by Crippen LogP contribution is -2.46. The van der Waals surface area contributed by atoms with Crippen molar-refractivity contribution in [3.05, 3.63) is 11.6 Å². The number of carbonyl (C=O) groups is 3. The summed E-state index contributed by atoms with van der Waals surface area (Å²) in [5.74, 6) is -0.506. The smallest absolute Gasteiger partial charge is 0.407 e. The molecule has 0 aromatic heterocycles. The SMILES string of the molecule is CCOC(=O)N[C@H]1CC[C@@H]2C(=C[C@H]3C(=O)O[C@H](C)[C@H]3[C@H]2C(C)=O)C1. The number of ether oxygens (including phenoxy) is 2. The summed E-state index contributed by atoms with van der Waals surface area (Å²) in [4.78, 5) is 36.1. The number of esters is 1. The first kappa shape index (κ1) is 17.0. The van der Waals surface area contributed by atoms with E-state index in [1.165, 1.54) is 0 Å². The highest BCUT2D eigenvalue weighted by Gasteiger charge is 2.53. The minimum absolute atomic E-state index is 0.00875. The van der Waals surface area contributed by atoms with E-state index in [2.05, 4.69) is 5.32 Å². The summed E-state index contributed by atoms with van der Waals surface area (Å²) >= 11 is 0. The van der Waals surface area contributed by atoms with Gasteiger partial charge in [0.15, 0.2) is 0 Å². The highest BCUT2D eigenvalue weighted by atomic mass is 16.6. The number of Topliss-reactive ketones (excluding diaryl/α,β-unsaturated/α-hetero) is 1. The fourth-order valence-corrected chi connectivity index (χ4v) is 4.71. The van der Waals surface area contributed by atoms with Crippen molar-refractivity contribution in [2.24, 2.45) is 23.7 Å². The summed E-state index contributed by atoms with van der Waals surface area (Å²) in [6, 6.07) is -0.00875. The summed E-state index contributed by atoms with van der Waals surface area (Å²) in [7, 11) is 0. The summed E-state index contributed by atoms with van der Waals surface area (Å²) in [6.45, 7) is 5.60. The number of cyclic esters (lactones) is 1. The molecule has 0 aromatic rings. The zero-order chi connectivity index (χ0) is 17.4. The quantitative estimate of drug-likeness (QED) is 0.632. The van der Waals surface area contributed by atoms with E-state index in [4.69, 9.17) is 9.47 Å². The van der Waals surface area contributed by atoms with Gasteiger partial charge in [-0.1, -0.05) is 11.6 Å². The van der Waals surface area contributed by atoms with E-state index < -0.39 is 6.09 Å². The first-order valence-corrected chi connectivity index (χ1v) is 8.77. The molecule has 24 heavy (non-hydrogen) atoms. The first-order chi connectivity index (χ1) is 11.4. The van der Waals surface area contributed by atoms with E-state index in [9.17, 15) is 14.4 Å². The maximum absolute atomic E-state index is 12.3. The number of amides is 1. The average Bonchev–Trinajstić information content (AvgIpc) is 2.79. The van der Waals surface area contributed by atoms with Crippen LogP contribution in [0.5, 0.6) is 0 Å². The van der Waals surface area contributed by atoms with Gasteiger partial charge in [0.2, 0.25) is 0 Å². The minimum Gasteiger partial charge on any atom is -0.462 e. The zero-order valence-corrected chi connectivity index (χ0v) is 14.4. The fraction of sp³-hybridized carbons (Fsp3) is 0.722. The second-order valence-corrected chi connectivity index (χ2v) is 7.07. The highest BCUT2D eigenvalue weighted by molar-refractivity contribution is 5.84. The molecule has 3 rings (SSSR count). The number of ketones is 1. The molecule has 0 radical (unpaired) electrons. The molecule has 1 aliphatic heterocycles. The van der Waals surface area contributed by atoms with Gasteiger partial charge in [0.05, 0.1) is 12.5 Å². The molecule has 1 saturated carbocycles. The summed E-state index contributed by atoms with van der Waals surface area (Å²) < 4.78 is 10.3. The Morgan fingerprint density at radius 3 is 2.79 bits per heavy atom. The van der Waals surface area contributed by atoms with Gasteiger partial charge in [-0.2, -0.15) is 0 Å². The van der Waals surface area contributed by atoms with Crippen LogP contribution in [0, 0.1) is 23.7 Å². The minimum atomic E-state index is -0.410. The van der Waals surface area contributed by atoms with Gasteiger partial charge in [-0.25, -0.2) is 4.79 Å². The Kier molecular flexibility index (Phi) is 4.65. The maximum Gasteiger partial charge on any atom is 0.407 e. The Hall–Kier alpha value is -1.85. The molecule has 2 fully saturated rings. The third-order valence-corrected chi connectivity index (χ3v) is 5.62. The van der Waals surface area contributed by atoms with Crippen LogP contribution in [0.15, 0.2) is 11.6 Å². The van der Waals surface area contributed by atoms with E-state index >= 15 is 0 Å². The lowest BCUT2D eigenvalue weighted by Gasteiger charge is -2.42. The van der Waals surface area contributed by atoms with Crippen molar-refractivity contribution in [1.29, 1.82) is 0 Å². The predicted octanol–water partition coefficient (Wildman–Crippen LogP) is 2.22. The highest BCUT2D eigenvalue weighted by Crippen LogP contribution is 2.50. The average molecular weight is 335 g/mol. The first-order valence-electron chi connectivity index (χ1n) is 8.77. The van der Waals surface area contributed by atoms with Crippen molar-refractivity contribution in [1.82, 2.24) is 5.32 Å². The molecule has 1 N–H and O–H groups in total. The van der Waals surface area contributed by atoms with Crippen LogP contribution in [0.25, 0.3) is 0 Å². The van der Waals surface area contributed by atoms with Crippen molar-refractivity contribution in [2.75, 3.05) is 6.61 Å². The Balaban J connectivity index is 1.81. The van der Waals surface area contributed by atoms with E-state index in [0.717, 1.165) is 18.4 Å². The predicted molar refractivity (Wildman–Crippen MR) is 86.1 cm³/mol. The summed E-state index contributed by atoms with van der Waals surface area (Å²) in [5.41, 5.74) is 1.11. The van der Waals surface area contributed by atoms with Crippen molar-refractivity contribution >= 4 is 17.8 Å². The molecule has 2 aliphatic carbocycles. The molecule has 1 saturated heterocycles. The number of hydrogen-bond acceptors (Lipinski definition) is 5. The van der Waals surface area contributed by atoms with E-state index in [1.54, 1.807) is 13.8 Å². The van der Waals surface area contributed by atoms with Crippen LogP contribution in [0.2, 0.25) is 0 Å². The monoisotopic (exact) mass is 335 g/mol. The number of nitrogens with one attached hydrogen (secondary N) is 1. The van der Waals surface area contributed by atoms with Crippen LogP contribution in [-0.2, 0) is 19.1 Å². The van der Waals surface area contributed by atoms with Crippen LogP contribution in [-0.4, -0.2) is 36.6 Å². The molecule has 0 spiro atoms. The standard InChI is InChI=1S/C18H25NO5/c1-4-23-18(22)19-12-5-6-13-11(7-12)8-14-16(15(13)9(2)20)10(3)24-17(14)21/h8,10,12-16H,4-7H2,1-3H3,(H,19,22)/t10-,12+,13-,14-,15+,16-/m1/s1. The lowest BCUT2D eigenvalue weighted by molar-refractivity contribution is -0.142. The number of rotatable bonds is 3. The van der Waals surface area contributed by atoms with Crippen molar-refractivity contribution < 1.29 is 23.9 Å². The number of alkyl carbamates (subject to hydrolysis) is 1. The van der Waals surface area contributed by atoms with Gasteiger partial charge in [-0.3, -0.25) is 9.59 Å². The third-order valence-electron chi connectivity index (χ3n) is 5.62.